The Morgan fingerprint density at radius 2 is 1.85 bits per heavy atom. The van der Waals surface area contributed by atoms with Crippen LogP contribution >= 0.6 is 0 Å². The molecule has 0 aliphatic rings. The quantitative estimate of drug-likeness (QED) is 0.840. The van der Waals surface area contributed by atoms with Crippen molar-refractivity contribution < 1.29 is 14.3 Å². The van der Waals surface area contributed by atoms with Crippen molar-refractivity contribution in [1.29, 1.82) is 0 Å². The van der Waals surface area contributed by atoms with Crippen molar-refractivity contribution in [3.63, 3.8) is 0 Å². The summed E-state index contributed by atoms with van der Waals surface area (Å²) >= 11 is 0. The van der Waals surface area contributed by atoms with Crippen LogP contribution in [0.1, 0.15) is 37.1 Å². The maximum Gasteiger partial charge on any atom is 0.219 e. The van der Waals surface area contributed by atoms with Gasteiger partial charge in [-0.3, -0.25) is 0 Å². The van der Waals surface area contributed by atoms with Gasteiger partial charge in [0, 0.05) is 6.42 Å². The fraction of sp³-hybridized carbons (Fsp3) is 0.467. The van der Waals surface area contributed by atoms with Gasteiger partial charge in [0.1, 0.15) is 5.75 Å². The highest BCUT2D eigenvalue weighted by atomic mass is 16.5. The van der Waals surface area contributed by atoms with E-state index in [0.717, 1.165) is 5.75 Å². The molecular formula is C15H20N2O3. The zero-order valence-electron chi connectivity index (χ0n) is 11.9. The van der Waals surface area contributed by atoms with Crippen molar-refractivity contribution in [2.75, 3.05) is 13.2 Å². The molecule has 0 spiro atoms. The van der Waals surface area contributed by atoms with Crippen molar-refractivity contribution in [1.82, 2.24) is 10.2 Å². The molecule has 0 radical (unpaired) electrons. The maximum atomic E-state index is 8.78. The summed E-state index contributed by atoms with van der Waals surface area (Å²) in [7, 11) is 0. The van der Waals surface area contributed by atoms with Gasteiger partial charge in [-0.2, -0.15) is 0 Å². The van der Waals surface area contributed by atoms with E-state index in [0.29, 0.717) is 37.1 Å². The average molecular weight is 276 g/mol. The van der Waals surface area contributed by atoms with Gasteiger partial charge in [0.05, 0.1) is 19.6 Å². The topological polar surface area (TPSA) is 68.4 Å². The summed E-state index contributed by atoms with van der Waals surface area (Å²) in [5.74, 6) is 2.32. The average Bonchev–Trinajstić information content (AvgIpc) is 2.87. The van der Waals surface area contributed by atoms with Crippen LogP contribution in [0.4, 0.5) is 0 Å². The van der Waals surface area contributed by atoms with Crippen molar-refractivity contribution in [2.24, 2.45) is 0 Å². The SMILES string of the molecule is CC(C)c1ccccc1OCCc1nnc(CCO)o1. The number of aliphatic hydroxyl groups is 1. The van der Waals surface area contributed by atoms with Gasteiger partial charge in [0.25, 0.3) is 0 Å². The predicted molar refractivity (Wildman–Crippen MR) is 74.8 cm³/mol. The van der Waals surface area contributed by atoms with Gasteiger partial charge >= 0.3 is 0 Å². The Balaban J connectivity index is 1.89. The van der Waals surface area contributed by atoms with Gasteiger partial charge in [-0.25, -0.2) is 0 Å². The molecule has 1 aromatic heterocycles. The van der Waals surface area contributed by atoms with Crippen LogP contribution in [-0.2, 0) is 12.8 Å². The van der Waals surface area contributed by atoms with Crippen molar-refractivity contribution in [2.45, 2.75) is 32.6 Å². The fourth-order valence-corrected chi connectivity index (χ4v) is 1.92. The summed E-state index contributed by atoms with van der Waals surface area (Å²) in [6.45, 7) is 4.78. The highest BCUT2D eigenvalue weighted by Gasteiger charge is 2.09. The Kier molecular flexibility index (Phi) is 5.12. The van der Waals surface area contributed by atoms with E-state index in [9.17, 15) is 0 Å². The van der Waals surface area contributed by atoms with Crippen LogP contribution in [0.3, 0.4) is 0 Å². The van der Waals surface area contributed by atoms with Gasteiger partial charge in [-0.15, -0.1) is 10.2 Å². The van der Waals surface area contributed by atoms with E-state index in [4.69, 9.17) is 14.3 Å². The van der Waals surface area contributed by atoms with Gasteiger partial charge in [0.15, 0.2) is 0 Å². The molecule has 0 aliphatic heterocycles. The third-order valence-electron chi connectivity index (χ3n) is 2.95. The molecule has 2 rings (SSSR count). The number of hydrogen-bond acceptors (Lipinski definition) is 5. The molecular weight excluding hydrogens is 256 g/mol. The Hall–Kier alpha value is -1.88. The third kappa shape index (κ3) is 3.81. The highest BCUT2D eigenvalue weighted by molar-refractivity contribution is 5.35. The summed E-state index contributed by atoms with van der Waals surface area (Å²) in [4.78, 5) is 0. The monoisotopic (exact) mass is 276 g/mol. The molecule has 5 nitrogen and oxygen atoms in total. The van der Waals surface area contributed by atoms with Crippen molar-refractivity contribution in [3.05, 3.63) is 41.6 Å². The molecule has 0 bridgehead atoms. The molecule has 20 heavy (non-hydrogen) atoms. The first kappa shape index (κ1) is 14.5. The lowest BCUT2D eigenvalue weighted by Crippen LogP contribution is -2.04. The minimum Gasteiger partial charge on any atom is -0.493 e. The van der Waals surface area contributed by atoms with E-state index in [1.165, 1.54) is 5.56 Å². The van der Waals surface area contributed by atoms with Gasteiger partial charge in [-0.1, -0.05) is 32.0 Å². The van der Waals surface area contributed by atoms with Crippen molar-refractivity contribution in [3.8, 4) is 5.75 Å². The van der Waals surface area contributed by atoms with Crippen LogP contribution in [0.5, 0.6) is 5.75 Å². The summed E-state index contributed by atoms with van der Waals surface area (Å²) in [6.07, 6.45) is 0.953. The van der Waals surface area contributed by atoms with Gasteiger partial charge in [0.2, 0.25) is 11.8 Å². The van der Waals surface area contributed by atoms with Crippen LogP contribution in [0, 0.1) is 0 Å². The van der Waals surface area contributed by atoms with E-state index < -0.39 is 0 Å². The van der Waals surface area contributed by atoms with E-state index in [1.807, 2.05) is 18.2 Å². The third-order valence-corrected chi connectivity index (χ3v) is 2.95. The molecule has 0 saturated carbocycles. The Morgan fingerprint density at radius 3 is 2.55 bits per heavy atom. The Morgan fingerprint density at radius 1 is 1.15 bits per heavy atom. The van der Waals surface area contributed by atoms with E-state index in [-0.39, 0.29) is 6.61 Å². The van der Waals surface area contributed by atoms with Gasteiger partial charge < -0.3 is 14.3 Å². The summed E-state index contributed by atoms with van der Waals surface area (Å²) in [5.41, 5.74) is 1.19. The predicted octanol–water partition coefficient (Wildman–Crippen LogP) is 2.35. The standard InChI is InChI=1S/C15H20N2O3/c1-11(2)12-5-3-4-6-13(12)19-10-8-15-17-16-14(20-15)7-9-18/h3-6,11,18H,7-10H2,1-2H3. The number of ether oxygens (including phenoxy) is 1. The number of nitrogens with zero attached hydrogens (tertiary/aromatic N) is 2. The first-order valence-corrected chi connectivity index (χ1v) is 6.84. The van der Waals surface area contributed by atoms with Crippen LogP contribution in [0.2, 0.25) is 0 Å². The minimum atomic E-state index is 0.0138. The number of rotatable bonds is 7. The second-order valence-corrected chi connectivity index (χ2v) is 4.85. The number of benzene rings is 1. The van der Waals surface area contributed by atoms with E-state index >= 15 is 0 Å². The first-order chi connectivity index (χ1) is 9.70. The minimum absolute atomic E-state index is 0.0138. The second-order valence-electron chi connectivity index (χ2n) is 4.85. The van der Waals surface area contributed by atoms with Gasteiger partial charge in [-0.05, 0) is 17.5 Å². The lowest BCUT2D eigenvalue weighted by Gasteiger charge is -2.13. The molecule has 1 aromatic carbocycles. The summed E-state index contributed by atoms with van der Waals surface area (Å²) in [5, 5.41) is 16.5. The molecule has 0 atom stereocenters. The fourth-order valence-electron chi connectivity index (χ4n) is 1.92. The maximum absolute atomic E-state index is 8.78. The summed E-state index contributed by atoms with van der Waals surface area (Å²) < 4.78 is 11.2. The number of para-hydroxylation sites is 1. The molecule has 5 heteroatoms. The number of aliphatic hydroxyl groups excluding tert-OH is 1. The van der Waals surface area contributed by atoms with E-state index in [1.54, 1.807) is 0 Å². The second kappa shape index (κ2) is 7.05. The number of aromatic nitrogens is 2. The molecule has 1 heterocycles. The van der Waals surface area contributed by atoms with Crippen LogP contribution < -0.4 is 4.74 Å². The first-order valence-electron chi connectivity index (χ1n) is 6.84. The Labute approximate surface area is 118 Å². The molecule has 0 unspecified atom stereocenters. The van der Waals surface area contributed by atoms with Crippen molar-refractivity contribution >= 4 is 0 Å². The smallest absolute Gasteiger partial charge is 0.219 e. The number of hydrogen-bond donors (Lipinski definition) is 1. The lowest BCUT2D eigenvalue weighted by atomic mass is 10.0. The molecule has 1 N–H and O–H groups in total. The van der Waals surface area contributed by atoms with Crippen LogP contribution in [0.25, 0.3) is 0 Å². The molecule has 0 amide bonds. The molecule has 0 saturated heterocycles. The largest absolute Gasteiger partial charge is 0.493 e. The molecule has 0 aliphatic carbocycles. The Bertz CT molecular complexity index is 537. The van der Waals surface area contributed by atoms with Crippen LogP contribution in [-0.4, -0.2) is 28.5 Å². The van der Waals surface area contributed by atoms with Crippen LogP contribution in [0.15, 0.2) is 28.7 Å². The zero-order valence-corrected chi connectivity index (χ0v) is 11.9. The highest BCUT2D eigenvalue weighted by Crippen LogP contribution is 2.25. The van der Waals surface area contributed by atoms with E-state index in [2.05, 4.69) is 30.1 Å². The molecule has 0 fully saturated rings. The summed E-state index contributed by atoms with van der Waals surface area (Å²) in [6, 6.07) is 8.03. The molecule has 108 valence electrons. The molecule has 2 aromatic rings. The lowest BCUT2D eigenvalue weighted by molar-refractivity contribution is 0.277. The zero-order chi connectivity index (χ0) is 14.4. The normalized spacial score (nSPS) is 11.0.